The van der Waals surface area contributed by atoms with Crippen LogP contribution in [-0.4, -0.2) is 10.1 Å². The monoisotopic (exact) mass is 174 g/mol. The molecule has 0 amide bonds. The summed E-state index contributed by atoms with van der Waals surface area (Å²) in [7, 11) is 0. The van der Waals surface area contributed by atoms with Gasteiger partial charge < -0.3 is 4.52 Å². The van der Waals surface area contributed by atoms with Crippen LogP contribution < -0.4 is 0 Å². The van der Waals surface area contributed by atoms with Crippen LogP contribution in [0.5, 0.6) is 0 Å². The zero-order valence-corrected chi connectivity index (χ0v) is 7.40. The Labute approximate surface area is 76.4 Å². The first-order chi connectivity index (χ1) is 6.40. The maximum atomic E-state index is 4.98. The van der Waals surface area contributed by atoms with Crippen molar-refractivity contribution < 1.29 is 4.52 Å². The fraction of sp³-hybridized carbons (Fsp3) is 0.200. The fourth-order valence-corrected chi connectivity index (χ4v) is 1.13. The summed E-state index contributed by atoms with van der Waals surface area (Å²) in [6.07, 6.45) is 4.48. The van der Waals surface area contributed by atoms with E-state index in [9.17, 15) is 0 Å². The van der Waals surface area contributed by atoms with Crippen molar-refractivity contribution in [3.05, 3.63) is 36.2 Å². The number of nitrogens with zero attached hydrogens (tertiary/aromatic N) is 2. The van der Waals surface area contributed by atoms with Gasteiger partial charge in [0.15, 0.2) is 5.76 Å². The van der Waals surface area contributed by atoms with Crippen LogP contribution in [0.3, 0.4) is 0 Å². The number of pyridine rings is 1. The quantitative estimate of drug-likeness (QED) is 0.701. The van der Waals surface area contributed by atoms with E-state index in [1.165, 1.54) is 5.56 Å². The van der Waals surface area contributed by atoms with Crippen LogP contribution in [0.1, 0.15) is 12.5 Å². The third-order valence-electron chi connectivity index (χ3n) is 1.92. The van der Waals surface area contributed by atoms with Gasteiger partial charge in [0.2, 0.25) is 0 Å². The lowest BCUT2D eigenvalue weighted by molar-refractivity contribution is 0.431. The summed E-state index contributed by atoms with van der Waals surface area (Å²) in [5.41, 5.74) is 2.05. The molecule has 2 heterocycles. The predicted octanol–water partition coefficient (Wildman–Crippen LogP) is 2.30. The molecule has 13 heavy (non-hydrogen) atoms. The molecule has 0 aliphatic rings. The second-order valence-electron chi connectivity index (χ2n) is 2.78. The van der Waals surface area contributed by atoms with E-state index in [0.29, 0.717) is 5.76 Å². The lowest BCUT2D eigenvalue weighted by Gasteiger charge is -1.96. The Balaban J connectivity index is 2.33. The van der Waals surface area contributed by atoms with Crippen molar-refractivity contribution in [1.82, 2.24) is 10.1 Å². The van der Waals surface area contributed by atoms with E-state index in [1.54, 1.807) is 12.3 Å². The normalized spacial score (nSPS) is 10.2. The van der Waals surface area contributed by atoms with Crippen LogP contribution in [0.25, 0.3) is 11.5 Å². The van der Waals surface area contributed by atoms with E-state index < -0.39 is 0 Å². The van der Waals surface area contributed by atoms with E-state index in [-0.39, 0.29) is 0 Å². The largest absolute Gasteiger partial charge is 0.355 e. The van der Waals surface area contributed by atoms with E-state index in [2.05, 4.69) is 17.1 Å². The molecule has 0 bridgehead atoms. The minimum absolute atomic E-state index is 0.711. The summed E-state index contributed by atoms with van der Waals surface area (Å²) >= 11 is 0. The Morgan fingerprint density at radius 3 is 2.77 bits per heavy atom. The van der Waals surface area contributed by atoms with Crippen molar-refractivity contribution in [2.24, 2.45) is 0 Å². The van der Waals surface area contributed by atoms with Crippen molar-refractivity contribution in [2.45, 2.75) is 13.3 Å². The number of hydrogen-bond donors (Lipinski definition) is 0. The summed E-state index contributed by atoms with van der Waals surface area (Å²) in [6, 6.07) is 5.79. The highest BCUT2D eigenvalue weighted by molar-refractivity contribution is 5.50. The highest BCUT2D eigenvalue weighted by Gasteiger charge is 2.01. The van der Waals surface area contributed by atoms with Crippen molar-refractivity contribution in [1.29, 1.82) is 0 Å². The zero-order valence-electron chi connectivity index (χ0n) is 7.40. The van der Waals surface area contributed by atoms with E-state index in [1.807, 2.05) is 18.3 Å². The third kappa shape index (κ3) is 1.59. The van der Waals surface area contributed by atoms with Crippen molar-refractivity contribution >= 4 is 0 Å². The smallest absolute Gasteiger partial charge is 0.185 e. The SMILES string of the molecule is CCc1ccc(-c2ccno2)nc1. The van der Waals surface area contributed by atoms with Crippen molar-refractivity contribution in [3.63, 3.8) is 0 Å². The Kier molecular flexibility index (Phi) is 2.08. The summed E-state index contributed by atoms with van der Waals surface area (Å²) in [5.74, 6) is 0.711. The number of rotatable bonds is 2. The molecule has 0 radical (unpaired) electrons. The van der Waals surface area contributed by atoms with Gasteiger partial charge in [-0.1, -0.05) is 18.1 Å². The van der Waals surface area contributed by atoms with Gasteiger partial charge in [0, 0.05) is 12.3 Å². The molecule has 0 saturated carbocycles. The van der Waals surface area contributed by atoms with Gasteiger partial charge in [-0.3, -0.25) is 4.98 Å². The van der Waals surface area contributed by atoms with E-state index in [0.717, 1.165) is 12.1 Å². The molecule has 0 saturated heterocycles. The van der Waals surface area contributed by atoms with Gasteiger partial charge in [0.05, 0.1) is 6.20 Å². The molecule has 3 nitrogen and oxygen atoms in total. The number of aromatic nitrogens is 2. The highest BCUT2D eigenvalue weighted by atomic mass is 16.5. The molecular formula is C10H10N2O. The van der Waals surface area contributed by atoms with Gasteiger partial charge in [0.1, 0.15) is 5.69 Å². The molecule has 66 valence electrons. The van der Waals surface area contributed by atoms with Gasteiger partial charge in [-0.25, -0.2) is 0 Å². The molecule has 0 unspecified atom stereocenters. The van der Waals surface area contributed by atoms with Crippen LogP contribution in [-0.2, 0) is 6.42 Å². The maximum absolute atomic E-state index is 4.98. The minimum Gasteiger partial charge on any atom is -0.355 e. The summed E-state index contributed by atoms with van der Waals surface area (Å²) in [4.78, 5) is 4.26. The first-order valence-corrected chi connectivity index (χ1v) is 4.26. The Morgan fingerprint density at radius 2 is 2.23 bits per heavy atom. The Bertz CT molecular complexity index is 364. The standard InChI is InChI=1S/C10H10N2O/c1-2-8-3-4-9(11-7-8)10-5-6-12-13-10/h3-7H,2H2,1H3. The van der Waals surface area contributed by atoms with Gasteiger partial charge in [-0.2, -0.15) is 0 Å². The molecular weight excluding hydrogens is 164 g/mol. The molecule has 0 spiro atoms. The first kappa shape index (κ1) is 7.98. The number of aryl methyl sites for hydroxylation is 1. The molecule has 0 N–H and O–H groups in total. The molecule has 0 fully saturated rings. The average Bonchev–Trinajstić information content (AvgIpc) is 2.71. The van der Waals surface area contributed by atoms with Gasteiger partial charge in [0.25, 0.3) is 0 Å². The molecule has 0 atom stereocenters. The van der Waals surface area contributed by atoms with E-state index >= 15 is 0 Å². The molecule has 0 aliphatic carbocycles. The van der Waals surface area contributed by atoms with Gasteiger partial charge >= 0.3 is 0 Å². The molecule has 2 rings (SSSR count). The van der Waals surface area contributed by atoms with E-state index in [4.69, 9.17) is 4.52 Å². The third-order valence-corrected chi connectivity index (χ3v) is 1.92. The Morgan fingerprint density at radius 1 is 1.31 bits per heavy atom. The fourth-order valence-electron chi connectivity index (χ4n) is 1.13. The molecule has 0 aromatic carbocycles. The summed E-state index contributed by atoms with van der Waals surface area (Å²) in [5, 5.41) is 3.63. The average molecular weight is 174 g/mol. The minimum atomic E-state index is 0.711. The van der Waals surface area contributed by atoms with Gasteiger partial charge in [-0.15, -0.1) is 0 Å². The lowest BCUT2D eigenvalue weighted by atomic mass is 10.2. The van der Waals surface area contributed by atoms with Crippen LogP contribution in [0.4, 0.5) is 0 Å². The van der Waals surface area contributed by atoms with Crippen LogP contribution >= 0.6 is 0 Å². The first-order valence-electron chi connectivity index (χ1n) is 4.26. The highest BCUT2D eigenvalue weighted by Crippen LogP contribution is 2.15. The lowest BCUT2D eigenvalue weighted by Crippen LogP contribution is -1.84. The molecule has 0 aliphatic heterocycles. The Hall–Kier alpha value is -1.64. The van der Waals surface area contributed by atoms with Crippen LogP contribution in [0.15, 0.2) is 35.1 Å². The molecule has 2 aromatic heterocycles. The molecule has 2 aromatic rings. The van der Waals surface area contributed by atoms with Crippen molar-refractivity contribution in [3.8, 4) is 11.5 Å². The zero-order chi connectivity index (χ0) is 9.10. The van der Waals surface area contributed by atoms with Crippen LogP contribution in [0.2, 0.25) is 0 Å². The summed E-state index contributed by atoms with van der Waals surface area (Å²) in [6.45, 7) is 2.10. The maximum Gasteiger partial charge on any atom is 0.185 e. The second-order valence-corrected chi connectivity index (χ2v) is 2.78. The number of hydrogen-bond acceptors (Lipinski definition) is 3. The topological polar surface area (TPSA) is 38.9 Å². The molecule has 3 heteroatoms. The predicted molar refractivity (Wildman–Crippen MR) is 49.1 cm³/mol. The second kappa shape index (κ2) is 3.39. The van der Waals surface area contributed by atoms with Gasteiger partial charge in [-0.05, 0) is 18.1 Å². The summed E-state index contributed by atoms with van der Waals surface area (Å²) < 4.78 is 4.98. The van der Waals surface area contributed by atoms with Crippen LogP contribution in [0, 0.1) is 0 Å². The van der Waals surface area contributed by atoms with Crippen molar-refractivity contribution in [2.75, 3.05) is 0 Å².